The van der Waals surface area contributed by atoms with Crippen molar-refractivity contribution in [1.29, 1.82) is 0 Å². The summed E-state index contributed by atoms with van der Waals surface area (Å²) in [6.45, 7) is 1.96. The third-order valence-corrected chi connectivity index (χ3v) is 3.95. The first-order valence-electron chi connectivity index (χ1n) is 5.95. The predicted molar refractivity (Wildman–Crippen MR) is 80.8 cm³/mol. The van der Waals surface area contributed by atoms with Gasteiger partial charge in [0.2, 0.25) is 0 Å². The second-order valence-corrected chi connectivity index (χ2v) is 5.80. The lowest BCUT2D eigenvalue weighted by Crippen LogP contribution is -2.34. The minimum absolute atomic E-state index is 0.0295. The van der Waals surface area contributed by atoms with Crippen LogP contribution in [-0.4, -0.2) is 11.9 Å². The molecule has 100 valence electrons. The molecule has 2 aromatic rings. The highest BCUT2D eigenvalue weighted by molar-refractivity contribution is 7.09. The topological polar surface area (TPSA) is 55.1 Å². The van der Waals surface area contributed by atoms with Crippen LogP contribution in [0.15, 0.2) is 35.7 Å². The average molecular weight is 295 g/mol. The number of rotatable bonds is 4. The standard InChI is InChI=1S/C14H15ClN2OS/c1-9(8-10-4-3-7-19-10)17-14(18)13-11(15)5-2-6-12(13)16/h2-7,9H,8,16H2,1H3,(H,17,18). The first kappa shape index (κ1) is 13.9. The van der Waals surface area contributed by atoms with Gasteiger partial charge in [-0.15, -0.1) is 11.3 Å². The summed E-state index contributed by atoms with van der Waals surface area (Å²) in [7, 11) is 0. The van der Waals surface area contributed by atoms with Gasteiger partial charge in [0.15, 0.2) is 0 Å². The molecule has 1 aromatic heterocycles. The summed E-state index contributed by atoms with van der Waals surface area (Å²) in [6, 6.07) is 9.14. The van der Waals surface area contributed by atoms with Gasteiger partial charge in [0, 0.05) is 23.0 Å². The number of nitrogens with two attached hydrogens (primary N) is 1. The fourth-order valence-corrected chi connectivity index (χ4v) is 2.96. The molecule has 1 amide bonds. The number of hydrogen-bond donors (Lipinski definition) is 2. The molecule has 1 aromatic carbocycles. The molecule has 0 saturated heterocycles. The summed E-state index contributed by atoms with van der Waals surface area (Å²) in [6.07, 6.45) is 0.799. The van der Waals surface area contributed by atoms with Crippen molar-refractivity contribution in [2.75, 3.05) is 5.73 Å². The number of hydrogen-bond acceptors (Lipinski definition) is 3. The number of thiophene rings is 1. The maximum absolute atomic E-state index is 12.2. The van der Waals surface area contributed by atoms with Crippen molar-refractivity contribution >= 4 is 34.5 Å². The number of carbonyl (C=O) groups is 1. The van der Waals surface area contributed by atoms with Crippen LogP contribution >= 0.6 is 22.9 Å². The molecule has 1 heterocycles. The van der Waals surface area contributed by atoms with Crippen LogP contribution in [0, 0.1) is 0 Å². The van der Waals surface area contributed by atoms with Crippen LogP contribution in [0.1, 0.15) is 22.2 Å². The van der Waals surface area contributed by atoms with E-state index >= 15 is 0 Å². The maximum atomic E-state index is 12.2. The molecule has 0 aliphatic carbocycles. The van der Waals surface area contributed by atoms with Crippen LogP contribution in [-0.2, 0) is 6.42 Å². The molecular formula is C14H15ClN2OS. The molecule has 1 atom stereocenters. The van der Waals surface area contributed by atoms with E-state index < -0.39 is 0 Å². The quantitative estimate of drug-likeness (QED) is 0.850. The summed E-state index contributed by atoms with van der Waals surface area (Å²) in [4.78, 5) is 13.4. The Morgan fingerprint density at radius 1 is 1.42 bits per heavy atom. The van der Waals surface area contributed by atoms with E-state index in [1.165, 1.54) is 4.88 Å². The molecule has 1 unspecified atom stereocenters. The van der Waals surface area contributed by atoms with Gasteiger partial charge in [0.25, 0.3) is 5.91 Å². The number of amides is 1. The number of carbonyl (C=O) groups excluding carboxylic acids is 1. The Labute approximate surface area is 121 Å². The minimum Gasteiger partial charge on any atom is -0.398 e. The van der Waals surface area contributed by atoms with Crippen LogP contribution in [0.25, 0.3) is 0 Å². The zero-order valence-electron chi connectivity index (χ0n) is 10.5. The Balaban J connectivity index is 2.04. The van der Waals surface area contributed by atoms with E-state index in [4.69, 9.17) is 17.3 Å². The monoisotopic (exact) mass is 294 g/mol. The molecule has 19 heavy (non-hydrogen) atoms. The highest BCUT2D eigenvalue weighted by atomic mass is 35.5. The van der Waals surface area contributed by atoms with Gasteiger partial charge in [-0.05, 0) is 30.5 Å². The molecule has 2 rings (SSSR count). The van der Waals surface area contributed by atoms with Gasteiger partial charge in [0.1, 0.15) is 0 Å². The Kier molecular flexibility index (Phi) is 4.45. The van der Waals surface area contributed by atoms with E-state index in [1.54, 1.807) is 29.5 Å². The molecular weight excluding hydrogens is 280 g/mol. The summed E-state index contributed by atoms with van der Waals surface area (Å²) < 4.78 is 0. The number of anilines is 1. The molecule has 3 nitrogen and oxygen atoms in total. The Morgan fingerprint density at radius 3 is 2.84 bits per heavy atom. The van der Waals surface area contributed by atoms with E-state index in [1.807, 2.05) is 18.4 Å². The fraction of sp³-hybridized carbons (Fsp3) is 0.214. The summed E-state index contributed by atoms with van der Waals surface area (Å²) in [5, 5.41) is 5.32. The summed E-state index contributed by atoms with van der Waals surface area (Å²) in [5.74, 6) is -0.229. The van der Waals surface area contributed by atoms with E-state index in [0.717, 1.165) is 6.42 Å². The van der Waals surface area contributed by atoms with Gasteiger partial charge < -0.3 is 11.1 Å². The van der Waals surface area contributed by atoms with Crippen LogP contribution in [0.3, 0.4) is 0 Å². The number of nitrogens with one attached hydrogen (secondary N) is 1. The summed E-state index contributed by atoms with van der Waals surface area (Å²) in [5.41, 5.74) is 6.54. The van der Waals surface area contributed by atoms with Crippen molar-refractivity contribution in [3.8, 4) is 0 Å². The Hall–Kier alpha value is -1.52. The Morgan fingerprint density at radius 2 is 2.21 bits per heavy atom. The van der Waals surface area contributed by atoms with E-state index in [-0.39, 0.29) is 11.9 Å². The predicted octanol–water partition coefficient (Wildman–Crippen LogP) is 3.34. The number of halogens is 1. The lowest BCUT2D eigenvalue weighted by atomic mass is 10.1. The fourth-order valence-electron chi connectivity index (χ4n) is 1.86. The van der Waals surface area contributed by atoms with Crippen LogP contribution in [0.4, 0.5) is 5.69 Å². The van der Waals surface area contributed by atoms with E-state index in [0.29, 0.717) is 16.3 Å². The third-order valence-electron chi connectivity index (χ3n) is 2.74. The lowest BCUT2D eigenvalue weighted by Gasteiger charge is -2.14. The average Bonchev–Trinajstić information content (AvgIpc) is 2.81. The van der Waals surface area contributed by atoms with Crippen molar-refractivity contribution < 1.29 is 4.79 Å². The second kappa shape index (κ2) is 6.08. The Bertz CT molecular complexity index is 549. The smallest absolute Gasteiger partial charge is 0.255 e. The zero-order chi connectivity index (χ0) is 13.8. The van der Waals surface area contributed by atoms with Crippen LogP contribution in [0.2, 0.25) is 5.02 Å². The van der Waals surface area contributed by atoms with Gasteiger partial charge >= 0.3 is 0 Å². The molecule has 0 spiro atoms. The first-order chi connectivity index (χ1) is 9.08. The molecule has 0 aliphatic heterocycles. The minimum atomic E-state index is -0.229. The lowest BCUT2D eigenvalue weighted by molar-refractivity contribution is 0.0941. The van der Waals surface area contributed by atoms with Crippen LogP contribution < -0.4 is 11.1 Å². The van der Waals surface area contributed by atoms with E-state index in [9.17, 15) is 4.79 Å². The SMILES string of the molecule is CC(Cc1cccs1)NC(=O)c1c(N)cccc1Cl. The first-order valence-corrected chi connectivity index (χ1v) is 7.21. The van der Waals surface area contributed by atoms with Crippen molar-refractivity contribution in [2.24, 2.45) is 0 Å². The molecule has 0 fully saturated rings. The van der Waals surface area contributed by atoms with Crippen LogP contribution in [0.5, 0.6) is 0 Å². The van der Waals surface area contributed by atoms with Gasteiger partial charge in [-0.3, -0.25) is 4.79 Å². The molecule has 0 bridgehead atoms. The molecule has 3 N–H and O–H groups in total. The highest BCUT2D eigenvalue weighted by Gasteiger charge is 2.16. The normalized spacial score (nSPS) is 12.1. The maximum Gasteiger partial charge on any atom is 0.255 e. The summed E-state index contributed by atoms with van der Waals surface area (Å²) >= 11 is 7.69. The van der Waals surface area contributed by atoms with Gasteiger partial charge in [-0.1, -0.05) is 23.7 Å². The molecule has 0 saturated carbocycles. The van der Waals surface area contributed by atoms with Gasteiger partial charge in [0.05, 0.1) is 10.6 Å². The van der Waals surface area contributed by atoms with Crippen molar-refractivity contribution in [3.63, 3.8) is 0 Å². The van der Waals surface area contributed by atoms with Gasteiger partial charge in [-0.2, -0.15) is 0 Å². The van der Waals surface area contributed by atoms with Gasteiger partial charge in [-0.25, -0.2) is 0 Å². The van der Waals surface area contributed by atoms with Crippen molar-refractivity contribution in [1.82, 2.24) is 5.32 Å². The van der Waals surface area contributed by atoms with E-state index in [2.05, 4.69) is 11.4 Å². The largest absolute Gasteiger partial charge is 0.398 e. The molecule has 0 aliphatic rings. The molecule has 5 heteroatoms. The zero-order valence-corrected chi connectivity index (χ0v) is 12.1. The molecule has 0 radical (unpaired) electrons. The number of benzene rings is 1. The number of nitrogen functional groups attached to an aromatic ring is 1. The third kappa shape index (κ3) is 3.49. The highest BCUT2D eigenvalue weighted by Crippen LogP contribution is 2.22. The second-order valence-electron chi connectivity index (χ2n) is 4.36. The van der Waals surface area contributed by atoms with Crippen molar-refractivity contribution in [3.05, 3.63) is 51.2 Å². The van der Waals surface area contributed by atoms with Crippen molar-refractivity contribution in [2.45, 2.75) is 19.4 Å².